The van der Waals surface area contributed by atoms with E-state index in [1.54, 1.807) is 18.4 Å². The van der Waals surface area contributed by atoms with Gasteiger partial charge in [0.15, 0.2) is 5.06 Å². The standard InChI is InChI=1S/C12H17BrOS/c1-12(7-3-4-8-12)11(13)9-5-6-10(14-2)15-9/h5-6,11H,3-4,7-8H2,1-2H3. The molecule has 1 atom stereocenters. The summed E-state index contributed by atoms with van der Waals surface area (Å²) >= 11 is 5.62. The van der Waals surface area contributed by atoms with Crippen LogP contribution in [-0.4, -0.2) is 7.11 Å². The van der Waals surface area contributed by atoms with Gasteiger partial charge in [-0.25, -0.2) is 0 Å². The molecule has 2 rings (SSSR count). The van der Waals surface area contributed by atoms with Crippen molar-refractivity contribution in [1.29, 1.82) is 0 Å². The lowest BCUT2D eigenvalue weighted by atomic mass is 9.84. The topological polar surface area (TPSA) is 9.23 Å². The van der Waals surface area contributed by atoms with E-state index < -0.39 is 0 Å². The lowest BCUT2D eigenvalue weighted by molar-refractivity contribution is 0.334. The number of rotatable bonds is 3. The highest BCUT2D eigenvalue weighted by Crippen LogP contribution is 2.53. The number of halogens is 1. The molecule has 1 aliphatic rings. The van der Waals surface area contributed by atoms with Gasteiger partial charge in [0.2, 0.25) is 0 Å². The average Bonchev–Trinajstić information content (AvgIpc) is 2.85. The van der Waals surface area contributed by atoms with E-state index in [1.807, 2.05) is 0 Å². The summed E-state index contributed by atoms with van der Waals surface area (Å²) in [4.78, 5) is 1.89. The Morgan fingerprint density at radius 1 is 1.40 bits per heavy atom. The normalized spacial score (nSPS) is 21.5. The Morgan fingerprint density at radius 2 is 2.07 bits per heavy atom. The van der Waals surface area contributed by atoms with Gasteiger partial charge in [-0.2, -0.15) is 0 Å². The van der Waals surface area contributed by atoms with Crippen LogP contribution in [0, 0.1) is 5.41 Å². The number of hydrogen-bond donors (Lipinski definition) is 0. The van der Waals surface area contributed by atoms with Crippen molar-refractivity contribution in [3.8, 4) is 5.06 Å². The largest absolute Gasteiger partial charge is 0.487 e. The van der Waals surface area contributed by atoms with Gasteiger partial charge >= 0.3 is 0 Å². The molecule has 1 aliphatic carbocycles. The SMILES string of the molecule is COc1ccc(C(Br)C2(C)CCCC2)s1. The van der Waals surface area contributed by atoms with Crippen LogP contribution < -0.4 is 4.74 Å². The number of thiophene rings is 1. The van der Waals surface area contributed by atoms with E-state index in [1.165, 1.54) is 30.6 Å². The fourth-order valence-corrected chi connectivity index (χ4v) is 4.23. The summed E-state index contributed by atoms with van der Waals surface area (Å²) in [5.41, 5.74) is 0.440. The predicted molar refractivity (Wildman–Crippen MR) is 69.1 cm³/mol. The van der Waals surface area contributed by atoms with Crippen molar-refractivity contribution in [2.75, 3.05) is 7.11 Å². The predicted octanol–water partition coefficient (Wildman–Crippen LogP) is 4.77. The van der Waals surface area contributed by atoms with Gasteiger partial charge in [-0.1, -0.05) is 35.7 Å². The maximum absolute atomic E-state index is 5.24. The number of ether oxygens (including phenoxy) is 1. The molecule has 0 radical (unpaired) electrons. The van der Waals surface area contributed by atoms with E-state index in [4.69, 9.17) is 4.74 Å². The van der Waals surface area contributed by atoms with Crippen LogP contribution >= 0.6 is 27.3 Å². The minimum Gasteiger partial charge on any atom is -0.487 e. The molecule has 1 fully saturated rings. The first-order valence-corrected chi connectivity index (χ1v) is 7.17. The summed E-state index contributed by atoms with van der Waals surface area (Å²) in [5.74, 6) is 0. The van der Waals surface area contributed by atoms with Crippen molar-refractivity contribution < 1.29 is 4.74 Å². The monoisotopic (exact) mass is 288 g/mol. The van der Waals surface area contributed by atoms with Gasteiger partial charge in [0.25, 0.3) is 0 Å². The van der Waals surface area contributed by atoms with Crippen molar-refractivity contribution >= 4 is 27.3 Å². The molecule has 15 heavy (non-hydrogen) atoms. The zero-order chi connectivity index (χ0) is 10.9. The zero-order valence-corrected chi connectivity index (χ0v) is 11.7. The molecule has 0 saturated heterocycles. The molecule has 1 aromatic rings. The quantitative estimate of drug-likeness (QED) is 0.728. The first-order valence-electron chi connectivity index (χ1n) is 5.43. The smallest absolute Gasteiger partial charge is 0.173 e. The minimum absolute atomic E-state index is 0.440. The fraction of sp³-hybridized carbons (Fsp3) is 0.667. The third-order valence-corrected chi connectivity index (χ3v) is 6.42. The molecule has 1 nitrogen and oxygen atoms in total. The molecule has 1 aromatic heterocycles. The molecule has 84 valence electrons. The first-order chi connectivity index (χ1) is 7.15. The molecule has 0 aromatic carbocycles. The van der Waals surface area contributed by atoms with Gasteiger partial charge in [-0.3, -0.25) is 0 Å². The Bertz CT molecular complexity index is 328. The lowest BCUT2D eigenvalue weighted by Crippen LogP contribution is -2.16. The van der Waals surface area contributed by atoms with Gasteiger partial charge < -0.3 is 4.74 Å². The highest BCUT2D eigenvalue weighted by molar-refractivity contribution is 9.09. The van der Waals surface area contributed by atoms with Crippen molar-refractivity contribution in [1.82, 2.24) is 0 Å². The summed E-state index contributed by atoms with van der Waals surface area (Å²) in [6.07, 6.45) is 5.43. The Balaban J connectivity index is 2.15. The van der Waals surface area contributed by atoms with E-state index in [0.29, 0.717) is 10.2 Å². The molecular formula is C12H17BrOS. The summed E-state index contributed by atoms with van der Waals surface area (Å²) in [6, 6.07) is 4.25. The minimum atomic E-state index is 0.440. The van der Waals surface area contributed by atoms with Gasteiger partial charge in [0, 0.05) is 4.88 Å². The van der Waals surface area contributed by atoms with Gasteiger partial charge in [0.1, 0.15) is 0 Å². The van der Waals surface area contributed by atoms with E-state index in [-0.39, 0.29) is 0 Å². The Morgan fingerprint density at radius 3 is 2.60 bits per heavy atom. The Labute approximate surface area is 104 Å². The Kier molecular flexibility index (Phi) is 3.41. The molecule has 0 amide bonds. The van der Waals surface area contributed by atoms with Crippen LogP contribution in [-0.2, 0) is 0 Å². The second kappa shape index (κ2) is 4.46. The molecule has 0 spiro atoms. The van der Waals surface area contributed by atoms with Crippen molar-refractivity contribution in [2.24, 2.45) is 5.41 Å². The third kappa shape index (κ3) is 2.23. The summed E-state index contributed by atoms with van der Waals surface area (Å²) in [5, 5.41) is 1.01. The van der Waals surface area contributed by atoms with Crippen molar-refractivity contribution in [2.45, 2.75) is 37.4 Å². The van der Waals surface area contributed by atoms with Crippen LogP contribution in [0.4, 0.5) is 0 Å². The highest BCUT2D eigenvalue weighted by atomic mass is 79.9. The van der Waals surface area contributed by atoms with Crippen LogP contribution in [0.15, 0.2) is 12.1 Å². The lowest BCUT2D eigenvalue weighted by Gasteiger charge is -2.28. The Hall–Kier alpha value is -0.0200. The number of hydrogen-bond acceptors (Lipinski definition) is 2. The van der Waals surface area contributed by atoms with E-state index in [0.717, 1.165) is 5.06 Å². The van der Waals surface area contributed by atoms with Crippen LogP contribution in [0.1, 0.15) is 42.3 Å². The molecule has 3 heteroatoms. The van der Waals surface area contributed by atoms with Gasteiger partial charge in [-0.15, -0.1) is 11.3 Å². The van der Waals surface area contributed by atoms with E-state index in [2.05, 4.69) is 35.0 Å². The van der Waals surface area contributed by atoms with E-state index in [9.17, 15) is 0 Å². The van der Waals surface area contributed by atoms with Gasteiger partial charge in [-0.05, 0) is 30.4 Å². The first kappa shape index (κ1) is 11.5. The molecule has 0 aliphatic heterocycles. The maximum Gasteiger partial charge on any atom is 0.173 e. The summed E-state index contributed by atoms with van der Waals surface area (Å²) in [7, 11) is 1.73. The maximum atomic E-state index is 5.24. The molecule has 1 saturated carbocycles. The molecule has 1 heterocycles. The van der Waals surface area contributed by atoms with Crippen LogP contribution in [0.5, 0.6) is 5.06 Å². The van der Waals surface area contributed by atoms with Crippen LogP contribution in [0.25, 0.3) is 0 Å². The van der Waals surface area contributed by atoms with Crippen LogP contribution in [0.3, 0.4) is 0 Å². The summed E-state index contributed by atoms with van der Waals surface area (Å²) < 4.78 is 5.24. The second-order valence-corrected chi connectivity index (χ2v) is 6.58. The zero-order valence-electron chi connectivity index (χ0n) is 9.25. The number of alkyl halides is 1. The van der Waals surface area contributed by atoms with E-state index >= 15 is 0 Å². The second-order valence-electron chi connectivity index (χ2n) is 4.58. The number of methoxy groups -OCH3 is 1. The van der Waals surface area contributed by atoms with Gasteiger partial charge in [0.05, 0.1) is 11.9 Å². The average molecular weight is 289 g/mol. The molecule has 0 bridgehead atoms. The summed E-state index contributed by atoms with van der Waals surface area (Å²) in [6.45, 7) is 2.39. The van der Waals surface area contributed by atoms with Crippen LogP contribution in [0.2, 0.25) is 0 Å². The van der Waals surface area contributed by atoms with Crippen molar-refractivity contribution in [3.05, 3.63) is 17.0 Å². The highest BCUT2D eigenvalue weighted by Gasteiger charge is 2.37. The molecule has 1 unspecified atom stereocenters. The fourth-order valence-electron chi connectivity index (χ4n) is 2.36. The molecular weight excluding hydrogens is 272 g/mol. The molecule has 0 N–H and O–H groups in total. The van der Waals surface area contributed by atoms with Crippen molar-refractivity contribution in [3.63, 3.8) is 0 Å². The third-order valence-electron chi connectivity index (χ3n) is 3.41.